The zero-order valence-corrected chi connectivity index (χ0v) is 14.5. The fraction of sp³-hybridized carbons (Fsp3) is 0.588. The standard InChI is InChI=1S/C17H26N2O4/c1-10(2)7-6-8-18-14(21)9-13-15(17(22)23-5)11(3)16(19-13)12(4)20/h10,19H,6-9H2,1-5H3,(H,18,21). The molecule has 0 aliphatic rings. The van der Waals surface area contributed by atoms with E-state index in [1.807, 2.05) is 0 Å². The number of methoxy groups -OCH3 is 1. The number of esters is 1. The second kappa shape index (κ2) is 8.50. The Balaban J connectivity index is 2.82. The summed E-state index contributed by atoms with van der Waals surface area (Å²) < 4.78 is 4.76. The summed E-state index contributed by atoms with van der Waals surface area (Å²) in [5.74, 6) is -0.317. The predicted molar refractivity (Wildman–Crippen MR) is 87.7 cm³/mol. The number of rotatable bonds is 8. The molecular formula is C17H26N2O4. The van der Waals surface area contributed by atoms with Crippen LogP contribution in [0.4, 0.5) is 0 Å². The van der Waals surface area contributed by atoms with E-state index in [-0.39, 0.29) is 23.7 Å². The maximum absolute atomic E-state index is 12.0. The number of amides is 1. The fourth-order valence-corrected chi connectivity index (χ4v) is 2.48. The number of carbonyl (C=O) groups is 3. The number of ketones is 1. The lowest BCUT2D eigenvalue weighted by Gasteiger charge is -2.07. The summed E-state index contributed by atoms with van der Waals surface area (Å²) in [5.41, 5.74) is 1.55. The van der Waals surface area contributed by atoms with Crippen molar-refractivity contribution in [1.82, 2.24) is 10.3 Å². The highest BCUT2D eigenvalue weighted by Gasteiger charge is 2.24. The van der Waals surface area contributed by atoms with Crippen LogP contribution in [-0.2, 0) is 16.0 Å². The molecular weight excluding hydrogens is 296 g/mol. The first-order valence-electron chi connectivity index (χ1n) is 7.85. The number of hydrogen-bond acceptors (Lipinski definition) is 4. The molecule has 1 aromatic heterocycles. The first kappa shape index (κ1) is 18.9. The lowest BCUT2D eigenvalue weighted by molar-refractivity contribution is -0.120. The van der Waals surface area contributed by atoms with Crippen LogP contribution >= 0.6 is 0 Å². The van der Waals surface area contributed by atoms with Crippen LogP contribution in [0, 0.1) is 12.8 Å². The summed E-state index contributed by atoms with van der Waals surface area (Å²) in [4.78, 5) is 38.5. The van der Waals surface area contributed by atoms with Crippen LogP contribution in [0.5, 0.6) is 0 Å². The minimum atomic E-state index is -0.547. The molecule has 0 atom stereocenters. The van der Waals surface area contributed by atoms with Crippen LogP contribution in [0.25, 0.3) is 0 Å². The molecule has 1 heterocycles. The first-order valence-corrected chi connectivity index (χ1v) is 7.85. The molecule has 1 amide bonds. The van der Waals surface area contributed by atoms with Gasteiger partial charge in [0.25, 0.3) is 0 Å². The van der Waals surface area contributed by atoms with Gasteiger partial charge in [0, 0.05) is 19.2 Å². The predicted octanol–water partition coefficient (Wildman–Crippen LogP) is 2.41. The van der Waals surface area contributed by atoms with Crippen LogP contribution in [0.1, 0.15) is 65.7 Å². The molecule has 0 bridgehead atoms. The van der Waals surface area contributed by atoms with Crippen molar-refractivity contribution in [2.75, 3.05) is 13.7 Å². The van der Waals surface area contributed by atoms with Crippen LogP contribution in [0.3, 0.4) is 0 Å². The molecule has 1 rings (SSSR count). The van der Waals surface area contributed by atoms with Gasteiger partial charge in [-0.05, 0) is 31.2 Å². The monoisotopic (exact) mass is 322 g/mol. The Hall–Kier alpha value is -2.11. The van der Waals surface area contributed by atoms with Crippen LogP contribution in [0.2, 0.25) is 0 Å². The number of aromatic nitrogens is 1. The van der Waals surface area contributed by atoms with E-state index in [1.165, 1.54) is 14.0 Å². The zero-order valence-electron chi connectivity index (χ0n) is 14.5. The van der Waals surface area contributed by atoms with E-state index in [0.717, 1.165) is 12.8 Å². The highest BCUT2D eigenvalue weighted by atomic mass is 16.5. The Morgan fingerprint density at radius 1 is 1.26 bits per heavy atom. The van der Waals surface area contributed by atoms with Crippen molar-refractivity contribution in [1.29, 1.82) is 0 Å². The van der Waals surface area contributed by atoms with E-state index >= 15 is 0 Å². The third-order valence-electron chi connectivity index (χ3n) is 3.69. The summed E-state index contributed by atoms with van der Waals surface area (Å²) >= 11 is 0. The minimum Gasteiger partial charge on any atom is -0.465 e. The van der Waals surface area contributed by atoms with Gasteiger partial charge in [0.15, 0.2) is 5.78 Å². The van der Waals surface area contributed by atoms with Gasteiger partial charge in [-0.15, -0.1) is 0 Å². The third kappa shape index (κ3) is 5.23. The Morgan fingerprint density at radius 2 is 1.91 bits per heavy atom. The number of ether oxygens (including phenoxy) is 1. The number of hydrogen-bond donors (Lipinski definition) is 2. The second-order valence-corrected chi connectivity index (χ2v) is 6.09. The molecule has 0 aliphatic heterocycles. The molecule has 6 nitrogen and oxygen atoms in total. The Kier molecular flexibility index (Phi) is 7.00. The maximum Gasteiger partial charge on any atom is 0.339 e. The van der Waals surface area contributed by atoms with Crippen molar-refractivity contribution in [3.05, 3.63) is 22.5 Å². The lowest BCUT2D eigenvalue weighted by atomic mass is 10.1. The molecule has 0 aromatic carbocycles. The van der Waals surface area contributed by atoms with E-state index in [9.17, 15) is 14.4 Å². The van der Waals surface area contributed by atoms with Crippen molar-refractivity contribution in [3.8, 4) is 0 Å². The van der Waals surface area contributed by atoms with E-state index in [2.05, 4.69) is 24.1 Å². The summed E-state index contributed by atoms with van der Waals surface area (Å²) in [6, 6.07) is 0. The van der Waals surface area contributed by atoms with Gasteiger partial charge in [-0.1, -0.05) is 13.8 Å². The highest BCUT2D eigenvalue weighted by molar-refractivity contribution is 6.01. The minimum absolute atomic E-state index is 0.0141. The summed E-state index contributed by atoms with van der Waals surface area (Å²) in [7, 11) is 1.28. The summed E-state index contributed by atoms with van der Waals surface area (Å²) in [5, 5.41) is 2.83. The van der Waals surface area contributed by atoms with E-state index < -0.39 is 5.97 Å². The first-order chi connectivity index (χ1) is 10.8. The largest absolute Gasteiger partial charge is 0.465 e. The molecule has 2 N–H and O–H groups in total. The van der Waals surface area contributed by atoms with E-state index in [0.29, 0.717) is 29.4 Å². The molecule has 0 saturated carbocycles. The molecule has 6 heteroatoms. The van der Waals surface area contributed by atoms with Crippen molar-refractivity contribution in [2.45, 2.75) is 47.0 Å². The molecule has 23 heavy (non-hydrogen) atoms. The highest BCUT2D eigenvalue weighted by Crippen LogP contribution is 2.20. The second-order valence-electron chi connectivity index (χ2n) is 6.09. The lowest BCUT2D eigenvalue weighted by Crippen LogP contribution is -2.27. The van der Waals surface area contributed by atoms with Gasteiger partial charge in [-0.25, -0.2) is 4.79 Å². The Labute approximate surface area is 137 Å². The quantitative estimate of drug-likeness (QED) is 0.437. The third-order valence-corrected chi connectivity index (χ3v) is 3.69. The molecule has 0 unspecified atom stereocenters. The van der Waals surface area contributed by atoms with Crippen molar-refractivity contribution >= 4 is 17.7 Å². The van der Waals surface area contributed by atoms with E-state index in [4.69, 9.17) is 4.74 Å². The van der Waals surface area contributed by atoms with E-state index in [1.54, 1.807) is 6.92 Å². The van der Waals surface area contributed by atoms with Gasteiger partial charge in [0.2, 0.25) is 5.91 Å². The molecule has 0 saturated heterocycles. The Bertz CT molecular complexity index is 588. The SMILES string of the molecule is COC(=O)c1c(CC(=O)NCCCC(C)C)[nH]c(C(C)=O)c1C. The molecule has 128 valence electrons. The topological polar surface area (TPSA) is 88.3 Å². The van der Waals surface area contributed by atoms with Crippen LogP contribution in [-0.4, -0.2) is 36.3 Å². The van der Waals surface area contributed by atoms with Gasteiger partial charge >= 0.3 is 5.97 Å². The molecule has 0 spiro atoms. The summed E-state index contributed by atoms with van der Waals surface area (Å²) in [6.07, 6.45) is 1.97. The molecule has 0 aliphatic carbocycles. The van der Waals surface area contributed by atoms with Crippen molar-refractivity contribution < 1.29 is 19.1 Å². The summed E-state index contributed by atoms with van der Waals surface area (Å²) in [6.45, 7) is 7.95. The molecule has 0 fully saturated rings. The number of carbonyl (C=O) groups excluding carboxylic acids is 3. The number of H-pyrrole nitrogens is 1. The maximum atomic E-state index is 12.0. The van der Waals surface area contributed by atoms with Crippen LogP contribution in [0.15, 0.2) is 0 Å². The average Bonchev–Trinajstić information content (AvgIpc) is 2.79. The van der Waals surface area contributed by atoms with Gasteiger partial charge in [0.05, 0.1) is 24.8 Å². The fourth-order valence-electron chi connectivity index (χ4n) is 2.48. The van der Waals surface area contributed by atoms with Gasteiger partial charge in [-0.3, -0.25) is 9.59 Å². The Morgan fingerprint density at radius 3 is 2.43 bits per heavy atom. The van der Waals surface area contributed by atoms with Gasteiger partial charge < -0.3 is 15.0 Å². The number of Topliss-reactive ketones (excluding diaryl/α,β-unsaturated/α-hetero) is 1. The van der Waals surface area contributed by atoms with Gasteiger partial charge in [0.1, 0.15) is 0 Å². The smallest absolute Gasteiger partial charge is 0.339 e. The molecule has 1 aromatic rings. The van der Waals surface area contributed by atoms with Crippen molar-refractivity contribution in [2.24, 2.45) is 5.92 Å². The van der Waals surface area contributed by atoms with Crippen LogP contribution < -0.4 is 5.32 Å². The number of aromatic amines is 1. The molecule has 0 radical (unpaired) electrons. The zero-order chi connectivity index (χ0) is 17.6. The number of nitrogens with one attached hydrogen (secondary N) is 2. The van der Waals surface area contributed by atoms with Crippen molar-refractivity contribution in [3.63, 3.8) is 0 Å². The average molecular weight is 322 g/mol. The normalized spacial score (nSPS) is 10.7. The van der Waals surface area contributed by atoms with Gasteiger partial charge in [-0.2, -0.15) is 0 Å².